The summed E-state index contributed by atoms with van der Waals surface area (Å²) in [6.07, 6.45) is 0.881. The second-order valence-electron chi connectivity index (χ2n) is 9.01. The molecule has 3 aromatic rings. The molecule has 3 aromatic carbocycles. The Hall–Kier alpha value is -4.20. The van der Waals surface area contributed by atoms with E-state index in [0.29, 0.717) is 23.4 Å². The molecule has 0 saturated heterocycles. The number of rotatable bonds is 6. The fourth-order valence-electron chi connectivity index (χ4n) is 4.26. The topological polar surface area (TPSA) is 105 Å². The Labute approximate surface area is 204 Å². The highest BCUT2D eigenvalue weighted by Gasteiger charge is 2.23. The van der Waals surface area contributed by atoms with E-state index in [1.54, 1.807) is 31.2 Å². The third kappa shape index (κ3) is 5.32. The van der Waals surface area contributed by atoms with E-state index < -0.39 is 10.8 Å². The first-order chi connectivity index (χ1) is 16.7. The molecule has 0 fully saturated rings. The zero-order valence-corrected chi connectivity index (χ0v) is 20.0. The lowest BCUT2D eigenvalue weighted by molar-refractivity contribution is -0.385. The molecule has 4 rings (SSSR count). The molecule has 0 spiro atoms. The van der Waals surface area contributed by atoms with Crippen LogP contribution in [-0.2, 0) is 13.0 Å². The number of carbonyl (C=O) groups is 2. The van der Waals surface area contributed by atoms with Crippen molar-refractivity contribution in [2.75, 3.05) is 16.8 Å². The van der Waals surface area contributed by atoms with Crippen LogP contribution in [0.15, 0.2) is 60.7 Å². The SMILES string of the molecule is Cc1ccc(C(=O)Nc2ccc(N3CCc4ccccc4C3)c(C(=O)NC(C)C)c2)cc1[N+](=O)[O-]. The van der Waals surface area contributed by atoms with E-state index in [0.717, 1.165) is 18.7 Å². The van der Waals surface area contributed by atoms with Crippen molar-refractivity contribution in [1.82, 2.24) is 5.32 Å². The summed E-state index contributed by atoms with van der Waals surface area (Å²) < 4.78 is 0. The smallest absolute Gasteiger partial charge is 0.273 e. The number of nitro benzene ring substituents is 1. The molecule has 8 heteroatoms. The first-order valence-electron chi connectivity index (χ1n) is 11.6. The minimum atomic E-state index is -0.508. The van der Waals surface area contributed by atoms with Crippen molar-refractivity contribution in [1.29, 1.82) is 0 Å². The number of fused-ring (bicyclic) bond motifs is 1. The van der Waals surface area contributed by atoms with Crippen LogP contribution in [0, 0.1) is 17.0 Å². The van der Waals surface area contributed by atoms with Crippen LogP contribution in [0.2, 0.25) is 0 Å². The largest absolute Gasteiger partial charge is 0.366 e. The third-order valence-corrected chi connectivity index (χ3v) is 6.06. The van der Waals surface area contributed by atoms with Gasteiger partial charge in [0.2, 0.25) is 0 Å². The lowest BCUT2D eigenvalue weighted by Gasteiger charge is -2.32. The molecule has 0 saturated carbocycles. The monoisotopic (exact) mass is 472 g/mol. The highest BCUT2D eigenvalue weighted by atomic mass is 16.6. The van der Waals surface area contributed by atoms with Crippen LogP contribution in [0.5, 0.6) is 0 Å². The standard InChI is InChI=1S/C27H28N4O4/c1-17(2)28-27(33)23-15-22(29-26(32)20-9-8-18(3)25(14-20)31(34)35)10-11-24(23)30-13-12-19-6-4-5-7-21(19)16-30/h4-11,14-15,17H,12-13,16H2,1-3H3,(H,28,33)(H,29,32). The van der Waals surface area contributed by atoms with Gasteiger partial charge in [-0.05, 0) is 62.6 Å². The maximum atomic E-state index is 13.1. The summed E-state index contributed by atoms with van der Waals surface area (Å²) in [5, 5.41) is 17.0. The second kappa shape index (κ2) is 9.97. The fourth-order valence-corrected chi connectivity index (χ4v) is 4.26. The van der Waals surface area contributed by atoms with Crippen molar-refractivity contribution in [2.24, 2.45) is 0 Å². The number of nitrogens with one attached hydrogen (secondary N) is 2. The van der Waals surface area contributed by atoms with Gasteiger partial charge in [0.05, 0.1) is 10.5 Å². The van der Waals surface area contributed by atoms with Gasteiger partial charge in [-0.15, -0.1) is 0 Å². The van der Waals surface area contributed by atoms with Gasteiger partial charge in [0.1, 0.15) is 0 Å². The van der Waals surface area contributed by atoms with Crippen LogP contribution in [0.3, 0.4) is 0 Å². The molecular weight excluding hydrogens is 444 g/mol. The van der Waals surface area contributed by atoms with Crippen molar-refractivity contribution in [3.63, 3.8) is 0 Å². The average Bonchev–Trinajstić information content (AvgIpc) is 2.83. The predicted molar refractivity (Wildman–Crippen MR) is 136 cm³/mol. The van der Waals surface area contributed by atoms with Crippen molar-refractivity contribution in [3.05, 3.63) is 98.6 Å². The van der Waals surface area contributed by atoms with Crippen LogP contribution in [0.4, 0.5) is 17.1 Å². The van der Waals surface area contributed by atoms with Gasteiger partial charge in [0, 0.05) is 47.7 Å². The molecule has 1 heterocycles. The van der Waals surface area contributed by atoms with E-state index in [-0.39, 0.29) is 23.2 Å². The molecule has 2 amide bonds. The molecule has 0 unspecified atom stereocenters. The summed E-state index contributed by atoms with van der Waals surface area (Å²) in [6.45, 7) is 6.88. The fraction of sp³-hybridized carbons (Fsp3) is 0.259. The second-order valence-corrected chi connectivity index (χ2v) is 9.01. The molecule has 0 radical (unpaired) electrons. The first-order valence-corrected chi connectivity index (χ1v) is 11.6. The molecule has 0 bridgehead atoms. The van der Waals surface area contributed by atoms with Crippen LogP contribution in [-0.4, -0.2) is 29.3 Å². The molecule has 8 nitrogen and oxygen atoms in total. The molecule has 0 atom stereocenters. The van der Waals surface area contributed by atoms with Gasteiger partial charge in [0.15, 0.2) is 0 Å². The highest BCUT2D eigenvalue weighted by Crippen LogP contribution is 2.30. The van der Waals surface area contributed by atoms with Gasteiger partial charge in [-0.3, -0.25) is 19.7 Å². The lowest BCUT2D eigenvalue weighted by atomic mass is 9.98. The third-order valence-electron chi connectivity index (χ3n) is 6.06. The molecule has 0 aliphatic carbocycles. The Kier molecular flexibility index (Phi) is 6.82. The number of benzene rings is 3. The van der Waals surface area contributed by atoms with Gasteiger partial charge >= 0.3 is 0 Å². The van der Waals surface area contributed by atoms with Gasteiger partial charge in [-0.25, -0.2) is 0 Å². The van der Waals surface area contributed by atoms with Crippen molar-refractivity contribution in [3.8, 4) is 0 Å². The molecule has 180 valence electrons. The van der Waals surface area contributed by atoms with E-state index in [9.17, 15) is 19.7 Å². The van der Waals surface area contributed by atoms with Crippen LogP contribution in [0.25, 0.3) is 0 Å². The highest BCUT2D eigenvalue weighted by molar-refractivity contribution is 6.06. The lowest BCUT2D eigenvalue weighted by Crippen LogP contribution is -2.35. The quantitative estimate of drug-likeness (QED) is 0.394. The molecule has 35 heavy (non-hydrogen) atoms. The van der Waals surface area contributed by atoms with Gasteiger partial charge in [-0.2, -0.15) is 0 Å². The summed E-state index contributed by atoms with van der Waals surface area (Å²) >= 11 is 0. The summed E-state index contributed by atoms with van der Waals surface area (Å²) in [5.74, 6) is -0.709. The zero-order chi connectivity index (χ0) is 25.1. The van der Waals surface area contributed by atoms with E-state index in [2.05, 4.69) is 27.7 Å². The van der Waals surface area contributed by atoms with Crippen LogP contribution >= 0.6 is 0 Å². The Bertz CT molecular complexity index is 1300. The number of nitro groups is 1. The van der Waals surface area contributed by atoms with E-state index >= 15 is 0 Å². The Balaban J connectivity index is 1.63. The van der Waals surface area contributed by atoms with Crippen LogP contribution < -0.4 is 15.5 Å². The van der Waals surface area contributed by atoms with E-state index in [4.69, 9.17) is 0 Å². The minimum absolute atomic E-state index is 0.0520. The summed E-state index contributed by atoms with van der Waals surface area (Å²) in [7, 11) is 0. The van der Waals surface area contributed by atoms with Crippen LogP contribution in [0.1, 0.15) is 51.3 Å². The van der Waals surface area contributed by atoms with Gasteiger partial charge in [-0.1, -0.05) is 30.3 Å². The van der Waals surface area contributed by atoms with E-state index in [1.165, 1.54) is 17.2 Å². The predicted octanol–water partition coefficient (Wildman–Crippen LogP) is 4.86. The van der Waals surface area contributed by atoms with E-state index in [1.807, 2.05) is 32.0 Å². The minimum Gasteiger partial charge on any atom is -0.366 e. The first kappa shape index (κ1) is 23.9. The number of nitrogens with zero attached hydrogens (tertiary/aromatic N) is 2. The molecule has 0 aromatic heterocycles. The van der Waals surface area contributed by atoms with Gasteiger partial charge in [0.25, 0.3) is 17.5 Å². The van der Waals surface area contributed by atoms with Gasteiger partial charge < -0.3 is 15.5 Å². The number of amides is 2. The Morgan fingerprint density at radius 1 is 1.00 bits per heavy atom. The Morgan fingerprint density at radius 2 is 1.74 bits per heavy atom. The maximum Gasteiger partial charge on any atom is 0.273 e. The summed E-state index contributed by atoms with van der Waals surface area (Å²) in [6, 6.07) is 17.8. The molecule has 2 N–H and O–H groups in total. The molecule has 1 aliphatic rings. The maximum absolute atomic E-state index is 13.1. The van der Waals surface area contributed by atoms with Crippen molar-refractivity contribution >= 4 is 28.9 Å². The molecular formula is C27H28N4O4. The zero-order valence-electron chi connectivity index (χ0n) is 20.0. The van der Waals surface area contributed by atoms with Crippen molar-refractivity contribution in [2.45, 2.75) is 39.8 Å². The Morgan fingerprint density at radius 3 is 2.46 bits per heavy atom. The summed E-state index contributed by atoms with van der Waals surface area (Å²) in [4.78, 5) is 38.9. The molecule has 1 aliphatic heterocycles. The normalized spacial score (nSPS) is 12.7. The number of aryl methyl sites for hydroxylation is 1. The summed E-state index contributed by atoms with van der Waals surface area (Å²) in [5.41, 5.74) is 4.77. The number of hydrogen-bond acceptors (Lipinski definition) is 5. The average molecular weight is 473 g/mol. The number of hydrogen-bond donors (Lipinski definition) is 2. The number of anilines is 2. The van der Waals surface area contributed by atoms with Crippen molar-refractivity contribution < 1.29 is 14.5 Å². The number of carbonyl (C=O) groups excluding carboxylic acids is 2.